The minimum atomic E-state index is -0.529. The Morgan fingerprint density at radius 2 is 2.00 bits per heavy atom. The molecule has 2 N–H and O–H groups in total. The molecule has 0 saturated carbocycles. The van der Waals surface area contributed by atoms with Gasteiger partial charge in [0.05, 0.1) is 12.8 Å². The highest BCUT2D eigenvalue weighted by atomic mass is 16.5. The standard InChI is InChI=1S/C11H15N3O2/c1-16-11(15)10-13-8-6-4-2-3-5-7(8)9(12)14-10/h2-6H2,1H3,(H2,12,13,14). The topological polar surface area (TPSA) is 78.1 Å². The molecule has 0 aromatic carbocycles. The second kappa shape index (κ2) is 4.47. The van der Waals surface area contributed by atoms with Crippen LogP contribution in [0.25, 0.3) is 0 Å². The zero-order valence-electron chi connectivity index (χ0n) is 9.32. The highest BCUT2D eigenvalue weighted by molar-refractivity contribution is 5.85. The van der Waals surface area contributed by atoms with Gasteiger partial charge in [0.2, 0.25) is 5.82 Å². The normalized spacial score (nSPS) is 15.1. The maximum Gasteiger partial charge on any atom is 0.376 e. The zero-order chi connectivity index (χ0) is 11.5. The van der Waals surface area contributed by atoms with Gasteiger partial charge in [0.1, 0.15) is 5.82 Å². The Labute approximate surface area is 94.0 Å². The molecule has 1 aliphatic carbocycles. The molecule has 0 bridgehead atoms. The second-order valence-corrected chi connectivity index (χ2v) is 3.91. The lowest BCUT2D eigenvalue weighted by molar-refractivity contribution is 0.0586. The Hall–Kier alpha value is -1.65. The lowest BCUT2D eigenvalue weighted by Gasteiger charge is -2.08. The van der Waals surface area contributed by atoms with E-state index in [-0.39, 0.29) is 5.82 Å². The lowest BCUT2D eigenvalue weighted by Crippen LogP contribution is -2.14. The summed E-state index contributed by atoms with van der Waals surface area (Å²) in [4.78, 5) is 19.6. The van der Waals surface area contributed by atoms with Crippen LogP contribution >= 0.6 is 0 Å². The van der Waals surface area contributed by atoms with Gasteiger partial charge < -0.3 is 10.5 Å². The van der Waals surface area contributed by atoms with Gasteiger partial charge in [-0.2, -0.15) is 0 Å². The van der Waals surface area contributed by atoms with E-state index in [4.69, 9.17) is 5.73 Å². The van der Waals surface area contributed by atoms with Gasteiger partial charge >= 0.3 is 5.97 Å². The number of aryl methyl sites for hydroxylation is 1. The van der Waals surface area contributed by atoms with Gasteiger partial charge in [0, 0.05) is 5.56 Å². The van der Waals surface area contributed by atoms with Crippen LogP contribution in [0.5, 0.6) is 0 Å². The minimum Gasteiger partial charge on any atom is -0.463 e. The van der Waals surface area contributed by atoms with E-state index in [9.17, 15) is 4.79 Å². The van der Waals surface area contributed by atoms with E-state index in [2.05, 4.69) is 14.7 Å². The maximum atomic E-state index is 11.3. The fraction of sp³-hybridized carbons (Fsp3) is 0.545. The van der Waals surface area contributed by atoms with E-state index >= 15 is 0 Å². The average molecular weight is 221 g/mol. The first kappa shape index (κ1) is 10.9. The number of nitrogen functional groups attached to an aromatic ring is 1. The molecule has 1 aliphatic rings. The molecule has 0 fully saturated rings. The van der Waals surface area contributed by atoms with Crippen LogP contribution in [-0.2, 0) is 17.6 Å². The monoisotopic (exact) mass is 221 g/mol. The number of nitrogens with two attached hydrogens (primary N) is 1. The van der Waals surface area contributed by atoms with Gasteiger partial charge in [-0.1, -0.05) is 6.42 Å². The molecule has 1 aromatic rings. The third-order valence-corrected chi connectivity index (χ3v) is 2.83. The van der Waals surface area contributed by atoms with E-state index < -0.39 is 5.97 Å². The highest BCUT2D eigenvalue weighted by Gasteiger charge is 2.18. The van der Waals surface area contributed by atoms with Crippen molar-refractivity contribution < 1.29 is 9.53 Å². The molecule has 0 unspecified atom stereocenters. The van der Waals surface area contributed by atoms with Gasteiger partial charge in [-0.3, -0.25) is 0 Å². The van der Waals surface area contributed by atoms with Crippen molar-refractivity contribution in [1.29, 1.82) is 0 Å². The van der Waals surface area contributed by atoms with Crippen molar-refractivity contribution in [3.8, 4) is 0 Å². The summed E-state index contributed by atoms with van der Waals surface area (Å²) < 4.78 is 4.59. The van der Waals surface area contributed by atoms with Crippen LogP contribution in [0.1, 0.15) is 41.1 Å². The molecule has 86 valence electrons. The summed E-state index contributed by atoms with van der Waals surface area (Å²) >= 11 is 0. The van der Waals surface area contributed by atoms with Crippen LogP contribution in [0.2, 0.25) is 0 Å². The Morgan fingerprint density at radius 1 is 1.25 bits per heavy atom. The Balaban J connectivity index is 2.43. The molecule has 0 atom stereocenters. The molecule has 5 nitrogen and oxygen atoms in total. The predicted molar refractivity (Wildman–Crippen MR) is 59.0 cm³/mol. The third-order valence-electron chi connectivity index (χ3n) is 2.83. The summed E-state index contributed by atoms with van der Waals surface area (Å²) in [6.45, 7) is 0. The summed E-state index contributed by atoms with van der Waals surface area (Å²) in [6.07, 6.45) is 5.14. The number of aromatic nitrogens is 2. The van der Waals surface area contributed by atoms with Gasteiger partial charge in [0.15, 0.2) is 0 Å². The summed E-state index contributed by atoms with van der Waals surface area (Å²) in [6, 6.07) is 0. The summed E-state index contributed by atoms with van der Waals surface area (Å²) in [5.74, 6) is -0.0355. The second-order valence-electron chi connectivity index (χ2n) is 3.91. The first-order valence-electron chi connectivity index (χ1n) is 5.46. The zero-order valence-corrected chi connectivity index (χ0v) is 9.32. The SMILES string of the molecule is COC(=O)c1nc(N)c2c(n1)CCCCC2. The molecule has 0 spiro atoms. The number of hydrogen-bond donors (Lipinski definition) is 1. The number of methoxy groups -OCH3 is 1. The number of anilines is 1. The highest BCUT2D eigenvalue weighted by Crippen LogP contribution is 2.22. The van der Waals surface area contributed by atoms with Crippen molar-refractivity contribution in [3.63, 3.8) is 0 Å². The Bertz CT molecular complexity index is 418. The molecular formula is C11H15N3O2. The van der Waals surface area contributed by atoms with Crippen LogP contribution in [0.3, 0.4) is 0 Å². The quantitative estimate of drug-likeness (QED) is 0.567. The van der Waals surface area contributed by atoms with E-state index in [1.54, 1.807) is 0 Å². The predicted octanol–water partition coefficient (Wildman–Crippen LogP) is 1.11. The van der Waals surface area contributed by atoms with Gasteiger partial charge in [-0.15, -0.1) is 0 Å². The number of nitrogens with zero attached hydrogens (tertiary/aromatic N) is 2. The van der Waals surface area contributed by atoms with Crippen LogP contribution in [-0.4, -0.2) is 23.0 Å². The molecule has 16 heavy (non-hydrogen) atoms. The van der Waals surface area contributed by atoms with E-state index in [1.807, 2.05) is 0 Å². The van der Waals surface area contributed by atoms with Crippen LogP contribution in [0.4, 0.5) is 5.82 Å². The minimum absolute atomic E-state index is 0.0700. The van der Waals surface area contributed by atoms with Crippen LogP contribution < -0.4 is 5.73 Å². The fourth-order valence-electron chi connectivity index (χ4n) is 1.98. The van der Waals surface area contributed by atoms with Gasteiger partial charge in [-0.25, -0.2) is 14.8 Å². The van der Waals surface area contributed by atoms with Crippen molar-refractivity contribution in [2.24, 2.45) is 0 Å². The molecule has 5 heteroatoms. The fourth-order valence-corrected chi connectivity index (χ4v) is 1.98. The van der Waals surface area contributed by atoms with Crippen molar-refractivity contribution in [3.05, 3.63) is 17.1 Å². The molecule has 1 heterocycles. The lowest BCUT2D eigenvalue weighted by atomic mass is 10.1. The summed E-state index contributed by atoms with van der Waals surface area (Å²) in [5, 5.41) is 0. The van der Waals surface area contributed by atoms with Crippen molar-refractivity contribution in [2.75, 3.05) is 12.8 Å². The van der Waals surface area contributed by atoms with E-state index in [0.717, 1.165) is 36.9 Å². The molecule has 0 radical (unpaired) electrons. The first-order valence-corrected chi connectivity index (χ1v) is 5.46. The number of hydrogen-bond acceptors (Lipinski definition) is 5. The smallest absolute Gasteiger partial charge is 0.376 e. The Kier molecular flexibility index (Phi) is 3.03. The molecule has 0 saturated heterocycles. The average Bonchev–Trinajstić information content (AvgIpc) is 2.53. The molecule has 1 aromatic heterocycles. The van der Waals surface area contributed by atoms with Crippen LogP contribution in [0, 0.1) is 0 Å². The number of fused-ring (bicyclic) bond motifs is 1. The number of carbonyl (C=O) groups is 1. The molecular weight excluding hydrogens is 206 g/mol. The van der Waals surface area contributed by atoms with Crippen molar-refractivity contribution >= 4 is 11.8 Å². The molecule has 0 amide bonds. The first-order chi connectivity index (χ1) is 7.72. The van der Waals surface area contributed by atoms with E-state index in [1.165, 1.54) is 13.5 Å². The third kappa shape index (κ3) is 1.98. The van der Waals surface area contributed by atoms with Crippen molar-refractivity contribution in [1.82, 2.24) is 9.97 Å². The number of esters is 1. The number of rotatable bonds is 1. The van der Waals surface area contributed by atoms with Crippen LogP contribution in [0.15, 0.2) is 0 Å². The summed E-state index contributed by atoms with van der Waals surface area (Å²) in [5.41, 5.74) is 7.76. The Morgan fingerprint density at radius 3 is 2.75 bits per heavy atom. The van der Waals surface area contributed by atoms with Gasteiger partial charge in [0.25, 0.3) is 0 Å². The van der Waals surface area contributed by atoms with E-state index in [0.29, 0.717) is 5.82 Å². The number of carbonyl (C=O) groups excluding carboxylic acids is 1. The number of ether oxygens (including phenoxy) is 1. The molecule has 2 rings (SSSR count). The molecule has 0 aliphatic heterocycles. The van der Waals surface area contributed by atoms with Crippen molar-refractivity contribution in [2.45, 2.75) is 32.1 Å². The van der Waals surface area contributed by atoms with Gasteiger partial charge in [-0.05, 0) is 25.7 Å². The summed E-state index contributed by atoms with van der Waals surface area (Å²) in [7, 11) is 1.31. The maximum absolute atomic E-state index is 11.3. The largest absolute Gasteiger partial charge is 0.463 e.